The Kier molecular flexibility index (Phi) is 3.98. The number of hydrogen-bond donors (Lipinski definition) is 1. The number of aromatic nitrogens is 4. The molecule has 0 spiro atoms. The molecule has 2 aromatic heterocycles. The summed E-state index contributed by atoms with van der Waals surface area (Å²) in [6.07, 6.45) is 2.31. The molecule has 8 heteroatoms. The number of amides is 1. The largest absolute Gasteiger partial charge is 0.376 e. The van der Waals surface area contributed by atoms with Crippen LogP contribution < -0.4 is 10.2 Å². The fraction of sp³-hybridized carbons (Fsp3) is 0.562. The topological polar surface area (TPSA) is 97.0 Å². The summed E-state index contributed by atoms with van der Waals surface area (Å²) >= 11 is 0. The molecule has 0 bridgehead atoms. The third-order valence-corrected chi connectivity index (χ3v) is 3.94. The Bertz CT molecular complexity index is 764. The monoisotopic (exact) mass is 330 g/mol. The molecule has 24 heavy (non-hydrogen) atoms. The fourth-order valence-electron chi connectivity index (χ4n) is 2.58. The highest BCUT2D eigenvalue weighted by molar-refractivity contribution is 5.73. The molecule has 0 saturated heterocycles. The maximum atomic E-state index is 11.3. The molecule has 0 aliphatic heterocycles. The summed E-state index contributed by atoms with van der Waals surface area (Å²) in [4.78, 5) is 17.7. The molecule has 3 rings (SSSR count). The second kappa shape index (κ2) is 5.85. The second-order valence-corrected chi connectivity index (χ2v) is 6.90. The van der Waals surface area contributed by atoms with E-state index in [1.807, 2.05) is 38.9 Å². The van der Waals surface area contributed by atoms with Gasteiger partial charge in [0.2, 0.25) is 5.91 Å². The molecule has 1 N–H and O–H groups in total. The molecule has 0 unspecified atom stereocenters. The predicted molar refractivity (Wildman–Crippen MR) is 88.5 cm³/mol. The number of nitrogens with one attached hydrogen (secondary N) is 1. The van der Waals surface area contributed by atoms with Crippen LogP contribution in [0, 0.1) is 0 Å². The molecule has 1 amide bonds. The number of anilines is 1. The number of nitrogens with zero attached hydrogens (tertiary/aromatic N) is 5. The number of carbonyl (C=O) groups is 1. The Labute approximate surface area is 140 Å². The molecule has 1 aliphatic rings. The van der Waals surface area contributed by atoms with Crippen LogP contribution in [0.25, 0.3) is 11.6 Å². The third-order valence-electron chi connectivity index (χ3n) is 3.94. The average Bonchev–Trinajstić information content (AvgIpc) is 3.21. The van der Waals surface area contributed by atoms with Gasteiger partial charge in [-0.05, 0) is 32.8 Å². The average molecular weight is 330 g/mol. The van der Waals surface area contributed by atoms with Crippen LogP contribution in [0.3, 0.4) is 0 Å². The summed E-state index contributed by atoms with van der Waals surface area (Å²) in [5.74, 6) is 1.03. The first kappa shape index (κ1) is 16.4. The van der Waals surface area contributed by atoms with Crippen molar-refractivity contribution in [2.45, 2.75) is 45.1 Å². The van der Waals surface area contributed by atoms with Gasteiger partial charge in [-0.25, -0.2) is 0 Å². The van der Waals surface area contributed by atoms with E-state index in [0.717, 1.165) is 24.2 Å². The molecule has 0 aromatic carbocycles. The van der Waals surface area contributed by atoms with Crippen LogP contribution in [-0.2, 0) is 10.3 Å². The van der Waals surface area contributed by atoms with Gasteiger partial charge in [-0.3, -0.25) is 4.79 Å². The van der Waals surface area contributed by atoms with E-state index in [9.17, 15) is 4.79 Å². The summed E-state index contributed by atoms with van der Waals surface area (Å²) in [5, 5.41) is 15.4. The second-order valence-electron chi connectivity index (χ2n) is 6.90. The highest BCUT2D eigenvalue weighted by Gasteiger charge is 2.31. The Balaban J connectivity index is 1.92. The van der Waals surface area contributed by atoms with Gasteiger partial charge in [-0.15, -0.1) is 5.10 Å². The van der Waals surface area contributed by atoms with Crippen LogP contribution >= 0.6 is 0 Å². The molecule has 8 nitrogen and oxygen atoms in total. The third kappa shape index (κ3) is 3.22. The van der Waals surface area contributed by atoms with Crippen molar-refractivity contribution in [3.05, 3.63) is 17.6 Å². The van der Waals surface area contributed by atoms with E-state index in [1.165, 1.54) is 6.92 Å². The Morgan fingerprint density at radius 1 is 1.33 bits per heavy atom. The van der Waals surface area contributed by atoms with E-state index >= 15 is 0 Å². The lowest BCUT2D eigenvalue weighted by atomic mass is 10.1. The van der Waals surface area contributed by atoms with Crippen molar-refractivity contribution >= 4 is 11.6 Å². The van der Waals surface area contributed by atoms with Crippen molar-refractivity contribution in [3.63, 3.8) is 0 Å². The summed E-state index contributed by atoms with van der Waals surface area (Å²) in [6.45, 7) is 5.08. The molecule has 1 aliphatic carbocycles. The van der Waals surface area contributed by atoms with Crippen molar-refractivity contribution < 1.29 is 9.32 Å². The summed E-state index contributed by atoms with van der Waals surface area (Å²) < 4.78 is 5.34. The molecule has 2 heterocycles. The fourth-order valence-corrected chi connectivity index (χ4v) is 2.58. The van der Waals surface area contributed by atoms with Crippen molar-refractivity contribution in [2.75, 3.05) is 19.0 Å². The SMILES string of the molecule is CC(=O)NC(C)(C)c1noc(-c2cc(N(C)C)c(C3CC3)nn2)n1. The first-order chi connectivity index (χ1) is 11.3. The molecular weight excluding hydrogens is 308 g/mol. The van der Waals surface area contributed by atoms with Gasteiger partial charge >= 0.3 is 0 Å². The van der Waals surface area contributed by atoms with Crippen LogP contribution in [0.2, 0.25) is 0 Å². The zero-order valence-electron chi connectivity index (χ0n) is 14.6. The first-order valence-corrected chi connectivity index (χ1v) is 7.96. The van der Waals surface area contributed by atoms with E-state index in [-0.39, 0.29) is 5.91 Å². The molecule has 0 atom stereocenters. The number of carbonyl (C=O) groups excluding carboxylic acids is 1. The van der Waals surface area contributed by atoms with Gasteiger partial charge in [0.15, 0.2) is 11.5 Å². The van der Waals surface area contributed by atoms with Crippen LogP contribution in [0.1, 0.15) is 51.0 Å². The number of rotatable bonds is 5. The first-order valence-electron chi connectivity index (χ1n) is 7.96. The van der Waals surface area contributed by atoms with E-state index in [2.05, 4.69) is 25.7 Å². The van der Waals surface area contributed by atoms with E-state index in [4.69, 9.17) is 4.52 Å². The molecule has 128 valence electrons. The lowest BCUT2D eigenvalue weighted by Crippen LogP contribution is -2.40. The minimum absolute atomic E-state index is 0.158. The molecule has 1 saturated carbocycles. The van der Waals surface area contributed by atoms with Crippen molar-refractivity contribution in [1.29, 1.82) is 0 Å². The minimum atomic E-state index is -0.723. The van der Waals surface area contributed by atoms with Crippen LogP contribution in [0.5, 0.6) is 0 Å². The highest BCUT2D eigenvalue weighted by Crippen LogP contribution is 2.43. The molecule has 0 radical (unpaired) electrons. The molecular formula is C16H22N6O2. The van der Waals surface area contributed by atoms with Gasteiger partial charge < -0.3 is 14.7 Å². The van der Waals surface area contributed by atoms with Crippen LogP contribution in [0.15, 0.2) is 10.6 Å². The van der Waals surface area contributed by atoms with Crippen molar-refractivity contribution in [2.24, 2.45) is 0 Å². The van der Waals surface area contributed by atoms with Crippen LogP contribution in [0.4, 0.5) is 5.69 Å². The quantitative estimate of drug-likeness (QED) is 0.893. The van der Waals surface area contributed by atoms with Gasteiger partial charge in [-0.2, -0.15) is 10.1 Å². The van der Waals surface area contributed by atoms with Gasteiger partial charge in [0.05, 0.1) is 16.9 Å². The Hall–Kier alpha value is -2.51. The molecule has 1 fully saturated rings. The highest BCUT2D eigenvalue weighted by atomic mass is 16.5. The lowest BCUT2D eigenvalue weighted by molar-refractivity contribution is -0.120. The van der Waals surface area contributed by atoms with Gasteiger partial charge in [0.1, 0.15) is 0 Å². The maximum Gasteiger partial charge on any atom is 0.278 e. The Morgan fingerprint density at radius 2 is 2.04 bits per heavy atom. The maximum absolute atomic E-state index is 11.3. The zero-order valence-corrected chi connectivity index (χ0v) is 14.6. The number of hydrogen-bond acceptors (Lipinski definition) is 7. The minimum Gasteiger partial charge on any atom is -0.376 e. The summed E-state index contributed by atoms with van der Waals surface area (Å²) in [7, 11) is 3.96. The normalized spacial score (nSPS) is 14.5. The van der Waals surface area contributed by atoms with Crippen molar-refractivity contribution in [3.8, 4) is 11.6 Å². The molecule has 2 aromatic rings. The lowest BCUT2D eigenvalue weighted by Gasteiger charge is -2.20. The Morgan fingerprint density at radius 3 is 2.62 bits per heavy atom. The van der Waals surface area contributed by atoms with Crippen LogP contribution in [-0.4, -0.2) is 40.3 Å². The smallest absolute Gasteiger partial charge is 0.278 e. The zero-order chi connectivity index (χ0) is 17.5. The predicted octanol–water partition coefficient (Wildman–Crippen LogP) is 1.84. The van der Waals surface area contributed by atoms with Crippen molar-refractivity contribution in [1.82, 2.24) is 25.7 Å². The van der Waals surface area contributed by atoms with Gasteiger partial charge in [-0.1, -0.05) is 5.16 Å². The van der Waals surface area contributed by atoms with Gasteiger partial charge in [0, 0.05) is 26.9 Å². The standard InChI is InChI=1S/C16H22N6O2/c1-9(23)18-16(2,3)15-17-14(24-21-15)11-8-12(22(4)5)13(20-19-11)10-6-7-10/h8,10H,6-7H2,1-5H3,(H,18,23). The summed E-state index contributed by atoms with van der Waals surface area (Å²) in [5.41, 5.74) is 1.84. The summed E-state index contributed by atoms with van der Waals surface area (Å²) in [6, 6.07) is 1.92. The van der Waals surface area contributed by atoms with Gasteiger partial charge in [0.25, 0.3) is 5.89 Å². The van der Waals surface area contributed by atoms with E-state index in [1.54, 1.807) is 0 Å². The van der Waals surface area contributed by atoms with E-state index < -0.39 is 5.54 Å². The van der Waals surface area contributed by atoms with E-state index in [0.29, 0.717) is 23.3 Å².